The fourth-order valence-electron chi connectivity index (χ4n) is 2.14. The Balaban J connectivity index is 2.81. The van der Waals surface area contributed by atoms with Crippen molar-refractivity contribution in [3.8, 4) is 0 Å². The number of hydrogen-bond acceptors (Lipinski definition) is 5. The van der Waals surface area contributed by atoms with Gasteiger partial charge in [0.15, 0.2) is 0 Å². The molecule has 0 bridgehead atoms. The Bertz CT molecular complexity index is 658. The van der Waals surface area contributed by atoms with E-state index >= 15 is 0 Å². The highest BCUT2D eigenvalue weighted by molar-refractivity contribution is 5.98. The van der Waals surface area contributed by atoms with Gasteiger partial charge < -0.3 is 20.5 Å². The van der Waals surface area contributed by atoms with Gasteiger partial charge in [0.1, 0.15) is 6.04 Å². The molecule has 0 unspecified atom stereocenters. The molecule has 136 valence electrons. The van der Waals surface area contributed by atoms with Crippen LogP contribution in [0.2, 0.25) is 0 Å². The zero-order chi connectivity index (χ0) is 19.0. The summed E-state index contributed by atoms with van der Waals surface area (Å²) < 4.78 is 4.84. The van der Waals surface area contributed by atoms with Crippen LogP contribution in [0.25, 0.3) is 0 Å². The standard InChI is InChI=1S/C17H22N2O6/c1-4-25-17(24)10(2)8-14(16(22)23)19-15(21)12-6-5-7-13(9-12)18-11(3)20/h5-7,9-10,14H,4,8H2,1-3H3,(H,18,20)(H,19,21)(H,22,23)/t10-,14-/m0/s1. The van der Waals surface area contributed by atoms with Crippen molar-refractivity contribution in [2.75, 3.05) is 11.9 Å². The van der Waals surface area contributed by atoms with Crippen LogP contribution in [0, 0.1) is 5.92 Å². The second-order valence-corrected chi connectivity index (χ2v) is 5.52. The fraction of sp³-hybridized carbons (Fsp3) is 0.412. The molecule has 0 aromatic heterocycles. The van der Waals surface area contributed by atoms with Gasteiger partial charge in [-0.25, -0.2) is 4.79 Å². The molecule has 0 aliphatic rings. The number of hydrogen-bond donors (Lipinski definition) is 3. The maximum Gasteiger partial charge on any atom is 0.326 e. The Morgan fingerprint density at radius 3 is 2.48 bits per heavy atom. The van der Waals surface area contributed by atoms with Gasteiger partial charge in [0.05, 0.1) is 12.5 Å². The zero-order valence-corrected chi connectivity index (χ0v) is 14.4. The molecular weight excluding hydrogens is 328 g/mol. The lowest BCUT2D eigenvalue weighted by molar-refractivity contribution is -0.148. The number of nitrogens with one attached hydrogen (secondary N) is 2. The lowest BCUT2D eigenvalue weighted by Gasteiger charge is -2.18. The number of carbonyl (C=O) groups excluding carboxylic acids is 3. The van der Waals surface area contributed by atoms with E-state index in [-0.39, 0.29) is 24.5 Å². The van der Waals surface area contributed by atoms with Crippen molar-refractivity contribution < 1.29 is 29.0 Å². The molecule has 0 radical (unpaired) electrons. The Hall–Kier alpha value is -2.90. The highest BCUT2D eigenvalue weighted by Crippen LogP contribution is 2.13. The number of esters is 1. The van der Waals surface area contributed by atoms with Crippen molar-refractivity contribution in [2.45, 2.75) is 33.2 Å². The van der Waals surface area contributed by atoms with E-state index in [0.717, 1.165) is 0 Å². The number of rotatable bonds is 8. The van der Waals surface area contributed by atoms with E-state index in [4.69, 9.17) is 4.74 Å². The first-order chi connectivity index (χ1) is 11.7. The smallest absolute Gasteiger partial charge is 0.326 e. The van der Waals surface area contributed by atoms with Crippen molar-refractivity contribution in [2.24, 2.45) is 5.92 Å². The van der Waals surface area contributed by atoms with Crippen LogP contribution >= 0.6 is 0 Å². The van der Waals surface area contributed by atoms with Gasteiger partial charge in [-0.05, 0) is 31.5 Å². The van der Waals surface area contributed by atoms with Gasteiger partial charge >= 0.3 is 11.9 Å². The molecule has 0 aliphatic carbocycles. The molecule has 1 aromatic carbocycles. The van der Waals surface area contributed by atoms with Crippen molar-refractivity contribution in [3.05, 3.63) is 29.8 Å². The maximum absolute atomic E-state index is 12.3. The first-order valence-electron chi connectivity index (χ1n) is 7.82. The minimum Gasteiger partial charge on any atom is -0.480 e. The van der Waals surface area contributed by atoms with E-state index in [1.807, 2.05) is 0 Å². The van der Waals surface area contributed by atoms with E-state index in [2.05, 4.69) is 10.6 Å². The topological polar surface area (TPSA) is 122 Å². The van der Waals surface area contributed by atoms with Gasteiger partial charge in [-0.3, -0.25) is 14.4 Å². The fourth-order valence-corrected chi connectivity index (χ4v) is 2.14. The summed E-state index contributed by atoms with van der Waals surface area (Å²) in [5.74, 6) is -3.34. The molecule has 0 aliphatic heterocycles. The predicted octanol–water partition coefficient (Wildman–Crippen LogP) is 1.42. The summed E-state index contributed by atoms with van der Waals surface area (Å²) in [6.45, 7) is 4.73. The predicted molar refractivity (Wildman–Crippen MR) is 90.0 cm³/mol. The second-order valence-electron chi connectivity index (χ2n) is 5.52. The van der Waals surface area contributed by atoms with Crippen LogP contribution in [0.5, 0.6) is 0 Å². The molecular formula is C17H22N2O6. The highest BCUT2D eigenvalue weighted by Gasteiger charge is 2.26. The molecule has 2 amide bonds. The minimum absolute atomic E-state index is 0.0920. The molecule has 8 nitrogen and oxygen atoms in total. The second kappa shape index (κ2) is 9.41. The van der Waals surface area contributed by atoms with E-state index in [0.29, 0.717) is 5.69 Å². The van der Waals surface area contributed by atoms with Gasteiger partial charge in [0.2, 0.25) is 5.91 Å². The van der Waals surface area contributed by atoms with Crippen LogP contribution in [0.4, 0.5) is 5.69 Å². The van der Waals surface area contributed by atoms with Crippen molar-refractivity contribution in [3.63, 3.8) is 0 Å². The van der Waals surface area contributed by atoms with Crippen LogP contribution in [-0.2, 0) is 19.1 Å². The molecule has 0 saturated heterocycles. The van der Waals surface area contributed by atoms with Gasteiger partial charge in [0.25, 0.3) is 5.91 Å². The average molecular weight is 350 g/mol. The van der Waals surface area contributed by atoms with E-state index in [1.165, 1.54) is 26.0 Å². The van der Waals surface area contributed by atoms with Crippen molar-refractivity contribution in [1.29, 1.82) is 0 Å². The molecule has 0 saturated carbocycles. The summed E-state index contributed by atoms with van der Waals surface area (Å²) in [6.07, 6.45) is -0.0920. The summed E-state index contributed by atoms with van der Waals surface area (Å²) in [5, 5.41) is 14.2. The van der Waals surface area contributed by atoms with Gasteiger partial charge in [-0.1, -0.05) is 13.0 Å². The number of carboxylic acid groups (broad SMARTS) is 1. The van der Waals surface area contributed by atoms with E-state index < -0.39 is 29.8 Å². The molecule has 3 N–H and O–H groups in total. The van der Waals surface area contributed by atoms with Crippen LogP contribution in [0.1, 0.15) is 37.6 Å². The lowest BCUT2D eigenvalue weighted by atomic mass is 10.0. The molecule has 2 atom stereocenters. The molecule has 0 heterocycles. The monoisotopic (exact) mass is 350 g/mol. The van der Waals surface area contributed by atoms with Crippen LogP contribution in [0.3, 0.4) is 0 Å². The number of amides is 2. The Morgan fingerprint density at radius 1 is 1.24 bits per heavy atom. The van der Waals surface area contributed by atoms with E-state index in [9.17, 15) is 24.3 Å². The maximum atomic E-state index is 12.3. The first-order valence-corrected chi connectivity index (χ1v) is 7.82. The average Bonchev–Trinajstić information content (AvgIpc) is 2.53. The lowest BCUT2D eigenvalue weighted by Crippen LogP contribution is -2.42. The van der Waals surface area contributed by atoms with Gasteiger partial charge in [-0.15, -0.1) is 0 Å². The number of ether oxygens (including phenoxy) is 1. The van der Waals surface area contributed by atoms with Crippen LogP contribution in [-0.4, -0.2) is 41.5 Å². The summed E-state index contributed by atoms with van der Waals surface area (Å²) in [4.78, 5) is 46.3. The van der Waals surface area contributed by atoms with Crippen LogP contribution < -0.4 is 10.6 Å². The molecule has 1 aromatic rings. The van der Waals surface area contributed by atoms with Crippen LogP contribution in [0.15, 0.2) is 24.3 Å². The molecule has 8 heteroatoms. The third-order valence-electron chi connectivity index (χ3n) is 3.33. The van der Waals surface area contributed by atoms with Gasteiger partial charge in [0, 0.05) is 18.2 Å². The SMILES string of the molecule is CCOC(=O)[C@@H](C)C[C@H](NC(=O)c1cccc(NC(C)=O)c1)C(=O)O. The van der Waals surface area contributed by atoms with E-state index in [1.54, 1.807) is 19.1 Å². The Kier molecular flexibility index (Phi) is 7.58. The number of carboxylic acids is 1. The molecule has 0 spiro atoms. The quantitative estimate of drug-likeness (QED) is 0.610. The number of carbonyl (C=O) groups is 4. The number of benzene rings is 1. The van der Waals surface area contributed by atoms with Crippen molar-refractivity contribution in [1.82, 2.24) is 5.32 Å². The molecule has 25 heavy (non-hydrogen) atoms. The first kappa shape index (κ1) is 20.1. The highest BCUT2D eigenvalue weighted by atomic mass is 16.5. The normalized spacial score (nSPS) is 12.6. The van der Waals surface area contributed by atoms with Crippen molar-refractivity contribution >= 4 is 29.4 Å². The molecule has 1 rings (SSSR count). The number of anilines is 1. The summed E-state index contributed by atoms with van der Waals surface area (Å²) in [7, 11) is 0. The Labute approximate surface area is 145 Å². The zero-order valence-electron chi connectivity index (χ0n) is 14.4. The summed E-state index contributed by atoms with van der Waals surface area (Å²) in [6, 6.07) is 4.86. The number of aliphatic carboxylic acids is 1. The Morgan fingerprint density at radius 2 is 1.92 bits per heavy atom. The minimum atomic E-state index is -1.25. The third kappa shape index (κ3) is 6.62. The summed E-state index contributed by atoms with van der Waals surface area (Å²) in [5.41, 5.74) is 0.619. The molecule has 0 fully saturated rings. The van der Waals surface area contributed by atoms with Gasteiger partial charge in [-0.2, -0.15) is 0 Å². The largest absolute Gasteiger partial charge is 0.480 e. The third-order valence-corrected chi connectivity index (χ3v) is 3.33. The summed E-state index contributed by atoms with van der Waals surface area (Å²) >= 11 is 0.